The largest absolute Gasteiger partial charge is 0.388 e. The maximum absolute atomic E-state index is 11.4. The third kappa shape index (κ3) is 5.05. The van der Waals surface area contributed by atoms with Crippen LogP contribution < -0.4 is 22.1 Å². The van der Waals surface area contributed by atoms with Crippen LogP contribution in [-0.4, -0.2) is 60.8 Å². The second kappa shape index (κ2) is 8.96. The average Bonchev–Trinajstić information content (AvgIpc) is 3.17. The molecule has 2 aliphatic heterocycles. The number of rotatable bonds is 7. The molecule has 7 N–H and O–H groups in total. The molecule has 8 heteroatoms. The van der Waals surface area contributed by atoms with Crippen LogP contribution in [0, 0.1) is 11.3 Å². The Morgan fingerprint density at radius 1 is 1.41 bits per heavy atom. The number of nitrogens with two attached hydrogens (primary N) is 2. The molecule has 146 valence electrons. The standard InChI is InChI=1S/C19H29N7O/c20-8-15(14-7-17(19(22)27)18(21)25-10-14)11-24-16-2-5-26(6-3-16)12-13-1-4-23-9-13/h7-8,10-11,13,16,20,23-24H,1-6,9,12H2,(H2,21,25)(H2,22,27)/b15-11+,20-8?. The topological polar surface area (TPSA) is 133 Å². The number of nitrogens with zero attached hydrogens (tertiary/aromatic N) is 2. The Morgan fingerprint density at radius 2 is 2.19 bits per heavy atom. The fourth-order valence-corrected chi connectivity index (χ4v) is 3.76. The molecule has 3 heterocycles. The van der Waals surface area contributed by atoms with Gasteiger partial charge in [-0.05, 0) is 44.3 Å². The second-order valence-corrected chi connectivity index (χ2v) is 7.37. The van der Waals surface area contributed by atoms with Crippen molar-refractivity contribution in [2.45, 2.75) is 25.3 Å². The number of nitrogens with one attached hydrogen (secondary N) is 3. The molecule has 2 aliphatic rings. The fourth-order valence-electron chi connectivity index (χ4n) is 3.76. The monoisotopic (exact) mass is 371 g/mol. The van der Waals surface area contributed by atoms with Crippen molar-refractivity contribution in [3.8, 4) is 0 Å². The third-order valence-corrected chi connectivity index (χ3v) is 5.41. The zero-order valence-corrected chi connectivity index (χ0v) is 15.6. The molecular formula is C19H29N7O. The summed E-state index contributed by atoms with van der Waals surface area (Å²) in [5.74, 6) is 0.272. The molecular weight excluding hydrogens is 342 g/mol. The van der Waals surface area contributed by atoms with Crippen molar-refractivity contribution in [2.24, 2.45) is 11.7 Å². The number of allylic oxidation sites excluding steroid dienone is 1. The maximum atomic E-state index is 11.4. The molecule has 2 fully saturated rings. The summed E-state index contributed by atoms with van der Waals surface area (Å²) in [7, 11) is 0. The molecule has 0 aliphatic carbocycles. The molecule has 1 aromatic heterocycles. The van der Waals surface area contributed by atoms with Gasteiger partial charge in [-0.25, -0.2) is 4.98 Å². The second-order valence-electron chi connectivity index (χ2n) is 7.37. The lowest BCUT2D eigenvalue weighted by atomic mass is 10.0. The Balaban J connectivity index is 1.55. The van der Waals surface area contributed by atoms with Crippen molar-refractivity contribution in [2.75, 3.05) is 38.5 Å². The molecule has 0 radical (unpaired) electrons. The average molecular weight is 371 g/mol. The van der Waals surface area contributed by atoms with Gasteiger partial charge in [-0.3, -0.25) is 4.79 Å². The molecule has 0 bridgehead atoms. The van der Waals surface area contributed by atoms with Gasteiger partial charge in [0.2, 0.25) is 0 Å². The summed E-state index contributed by atoms with van der Waals surface area (Å²) in [5.41, 5.74) is 12.5. The van der Waals surface area contributed by atoms with E-state index in [1.165, 1.54) is 19.2 Å². The number of carbonyl (C=O) groups is 1. The molecule has 1 atom stereocenters. The predicted molar refractivity (Wildman–Crippen MR) is 108 cm³/mol. The van der Waals surface area contributed by atoms with E-state index in [-0.39, 0.29) is 11.4 Å². The minimum absolute atomic E-state index is 0.105. The highest BCUT2D eigenvalue weighted by molar-refractivity contribution is 6.09. The van der Waals surface area contributed by atoms with Crippen LogP contribution in [0.5, 0.6) is 0 Å². The summed E-state index contributed by atoms with van der Waals surface area (Å²) in [5, 5.41) is 14.5. The van der Waals surface area contributed by atoms with Crippen molar-refractivity contribution in [1.82, 2.24) is 20.5 Å². The number of amides is 1. The third-order valence-electron chi connectivity index (χ3n) is 5.41. The van der Waals surface area contributed by atoms with E-state index in [1.54, 1.807) is 12.3 Å². The smallest absolute Gasteiger partial charge is 0.252 e. The van der Waals surface area contributed by atoms with Crippen LogP contribution in [0.1, 0.15) is 35.2 Å². The van der Waals surface area contributed by atoms with Crippen LogP contribution in [-0.2, 0) is 0 Å². The minimum Gasteiger partial charge on any atom is -0.388 e. The molecule has 0 saturated carbocycles. The lowest BCUT2D eigenvalue weighted by molar-refractivity contribution is 0.100. The zero-order valence-electron chi connectivity index (χ0n) is 15.6. The summed E-state index contributed by atoms with van der Waals surface area (Å²) >= 11 is 0. The van der Waals surface area contributed by atoms with Gasteiger partial charge in [0.05, 0.1) is 5.56 Å². The fraction of sp³-hybridized carbons (Fsp3) is 0.526. The number of likely N-dealkylation sites (tertiary alicyclic amines) is 1. The van der Waals surface area contributed by atoms with Crippen molar-refractivity contribution in [3.05, 3.63) is 29.6 Å². The molecule has 3 rings (SSSR count). The Hall–Kier alpha value is -2.45. The highest BCUT2D eigenvalue weighted by Crippen LogP contribution is 2.18. The zero-order chi connectivity index (χ0) is 19.2. The maximum Gasteiger partial charge on any atom is 0.252 e. The summed E-state index contributed by atoms with van der Waals surface area (Å²) < 4.78 is 0. The normalized spacial score (nSPS) is 21.9. The van der Waals surface area contributed by atoms with Gasteiger partial charge >= 0.3 is 0 Å². The van der Waals surface area contributed by atoms with E-state index in [0.29, 0.717) is 17.2 Å². The first-order chi connectivity index (χ1) is 13.1. The van der Waals surface area contributed by atoms with E-state index >= 15 is 0 Å². The summed E-state index contributed by atoms with van der Waals surface area (Å²) in [4.78, 5) is 18.0. The Labute approximate surface area is 159 Å². The summed E-state index contributed by atoms with van der Waals surface area (Å²) in [6.07, 6.45) is 8.06. The van der Waals surface area contributed by atoms with E-state index < -0.39 is 5.91 Å². The van der Waals surface area contributed by atoms with Gasteiger partial charge in [-0.15, -0.1) is 0 Å². The molecule has 1 unspecified atom stereocenters. The van der Waals surface area contributed by atoms with Crippen molar-refractivity contribution in [1.29, 1.82) is 5.41 Å². The van der Waals surface area contributed by atoms with E-state index in [9.17, 15) is 4.79 Å². The summed E-state index contributed by atoms with van der Waals surface area (Å²) in [6, 6.07) is 1.97. The van der Waals surface area contributed by atoms with Gasteiger partial charge in [0, 0.05) is 55.4 Å². The van der Waals surface area contributed by atoms with Crippen molar-refractivity contribution in [3.63, 3.8) is 0 Å². The minimum atomic E-state index is -0.621. The van der Waals surface area contributed by atoms with Gasteiger partial charge in [-0.1, -0.05) is 0 Å². The van der Waals surface area contributed by atoms with E-state index in [2.05, 4.69) is 20.5 Å². The van der Waals surface area contributed by atoms with Crippen molar-refractivity contribution < 1.29 is 4.79 Å². The predicted octanol–water partition coefficient (Wildman–Crippen LogP) is 0.417. The van der Waals surface area contributed by atoms with E-state index in [4.69, 9.17) is 16.9 Å². The van der Waals surface area contributed by atoms with Gasteiger partial charge < -0.3 is 32.4 Å². The SMILES string of the molecule is N=C/C(=C\NC1CCN(CC2CCNC2)CC1)c1cnc(N)c(C(N)=O)c1. The van der Waals surface area contributed by atoms with Crippen LogP contribution in [0.15, 0.2) is 18.5 Å². The molecule has 0 aromatic carbocycles. The highest BCUT2D eigenvalue weighted by atomic mass is 16.1. The lowest BCUT2D eigenvalue weighted by Crippen LogP contribution is -2.43. The van der Waals surface area contributed by atoms with Crippen LogP contribution >= 0.6 is 0 Å². The number of hydrogen-bond donors (Lipinski definition) is 5. The molecule has 2 saturated heterocycles. The van der Waals surface area contributed by atoms with Gasteiger partial charge in [-0.2, -0.15) is 0 Å². The van der Waals surface area contributed by atoms with E-state index in [1.807, 2.05) is 6.20 Å². The molecule has 0 spiro atoms. The highest BCUT2D eigenvalue weighted by Gasteiger charge is 2.22. The molecule has 8 nitrogen and oxygen atoms in total. The number of primary amides is 1. The van der Waals surface area contributed by atoms with Gasteiger partial charge in [0.15, 0.2) is 0 Å². The number of hydrogen-bond acceptors (Lipinski definition) is 7. The van der Waals surface area contributed by atoms with Crippen molar-refractivity contribution >= 4 is 23.5 Å². The van der Waals surface area contributed by atoms with Gasteiger partial charge in [0.25, 0.3) is 5.91 Å². The number of aromatic nitrogens is 1. The number of nitrogen functional groups attached to an aromatic ring is 1. The number of carbonyl (C=O) groups excluding carboxylic acids is 1. The molecule has 27 heavy (non-hydrogen) atoms. The molecule has 1 aromatic rings. The Kier molecular flexibility index (Phi) is 6.41. The van der Waals surface area contributed by atoms with Gasteiger partial charge in [0.1, 0.15) is 5.82 Å². The Bertz CT molecular complexity index is 704. The van der Waals surface area contributed by atoms with Crippen LogP contribution in [0.3, 0.4) is 0 Å². The quantitative estimate of drug-likeness (QED) is 0.441. The first-order valence-corrected chi connectivity index (χ1v) is 9.52. The van der Waals surface area contributed by atoms with E-state index in [0.717, 1.165) is 44.9 Å². The first kappa shape index (κ1) is 19.3. The summed E-state index contributed by atoms with van der Waals surface area (Å²) in [6.45, 7) is 5.67. The number of pyridine rings is 1. The first-order valence-electron chi connectivity index (χ1n) is 9.52. The number of piperidine rings is 1. The van der Waals surface area contributed by atoms with Crippen LogP contribution in [0.25, 0.3) is 5.57 Å². The van der Waals surface area contributed by atoms with Crippen LogP contribution in [0.4, 0.5) is 5.82 Å². The Morgan fingerprint density at radius 3 is 2.81 bits per heavy atom. The lowest BCUT2D eigenvalue weighted by Gasteiger charge is -2.33. The van der Waals surface area contributed by atoms with Crippen LogP contribution in [0.2, 0.25) is 0 Å². The number of anilines is 1. The molecule has 1 amide bonds.